The number of nitrogens with two attached hydrogens (primary N) is 1. The fourth-order valence-corrected chi connectivity index (χ4v) is 3.74. The zero-order chi connectivity index (χ0) is 13.0. The van der Waals surface area contributed by atoms with Gasteiger partial charge in [0, 0.05) is 25.4 Å². The van der Waals surface area contributed by atoms with Gasteiger partial charge in [0.2, 0.25) is 0 Å². The van der Waals surface area contributed by atoms with Crippen LogP contribution in [0.25, 0.3) is 0 Å². The average Bonchev–Trinajstić information content (AvgIpc) is 2.72. The molecule has 1 aromatic rings. The first-order valence-electron chi connectivity index (χ1n) is 6.54. The Labute approximate surface area is 112 Å². The van der Waals surface area contributed by atoms with E-state index in [1.54, 1.807) is 7.11 Å². The first kappa shape index (κ1) is 13.8. The molecule has 0 amide bonds. The summed E-state index contributed by atoms with van der Waals surface area (Å²) in [6.45, 7) is 3.39. The van der Waals surface area contributed by atoms with Crippen LogP contribution in [0.2, 0.25) is 0 Å². The van der Waals surface area contributed by atoms with Gasteiger partial charge in [-0.3, -0.25) is 0 Å². The molecule has 1 heterocycles. The summed E-state index contributed by atoms with van der Waals surface area (Å²) in [6.07, 6.45) is 5.17. The van der Waals surface area contributed by atoms with E-state index >= 15 is 0 Å². The third-order valence-corrected chi connectivity index (χ3v) is 4.71. The Bertz CT molecular complexity index is 382. The number of methoxy groups -OCH3 is 1. The standard InChI is InChI=1S/C12H22N4OS/c1-9-14-15-12(16(9)7-6-13)18-11-5-3-4-10(8-11)17-2/h10-11H,3-8,13H2,1-2H3. The number of ether oxygens (including phenoxy) is 1. The van der Waals surface area contributed by atoms with Crippen LogP contribution in [0, 0.1) is 6.92 Å². The molecular formula is C12H22N4OS. The summed E-state index contributed by atoms with van der Waals surface area (Å²) in [7, 11) is 1.80. The van der Waals surface area contributed by atoms with Crippen molar-refractivity contribution >= 4 is 11.8 Å². The number of hydrogen-bond donors (Lipinski definition) is 1. The van der Waals surface area contributed by atoms with Gasteiger partial charge in [0.25, 0.3) is 0 Å². The van der Waals surface area contributed by atoms with E-state index < -0.39 is 0 Å². The van der Waals surface area contributed by atoms with Crippen molar-refractivity contribution in [3.63, 3.8) is 0 Å². The lowest BCUT2D eigenvalue weighted by Crippen LogP contribution is -2.23. The van der Waals surface area contributed by atoms with Crippen molar-refractivity contribution in [3.8, 4) is 0 Å². The van der Waals surface area contributed by atoms with E-state index in [1.807, 2.05) is 18.7 Å². The molecule has 6 heteroatoms. The zero-order valence-corrected chi connectivity index (χ0v) is 11.9. The van der Waals surface area contributed by atoms with Gasteiger partial charge in [0.1, 0.15) is 5.82 Å². The molecule has 0 aromatic carbocycles. The van der Waals surface area contributed by atoms with Crippen LogP contribution >= 0.6 is 11.8 Å². The fraction of sp³-hybridized carbons (Fsp3) is 0.833. The van der Waals surface area contributed by atoms with Gasteiger partial charge in [-0.25, -0.2) is 0 Å². The van der Waals surface area contributed by atoms with Gasteiger partial charge < -0.3 is 15.0 Å². The summed E-state index contributed by atoms with van der Waals surface area (Å²) in [5, 5.41) is 9.99. The highest BCUT2D eigenvalue weighted by Crippen LogP contribution is 2.33. The topological polar surface area (TPSA) is 66.0 Å². The second-order valence-corrected chi connectivity index (χ2v) is 6.00. The normalized spacial score (nSPS) is 24.4. The molecule has 0 bridgehead atoms. The number of aromatic nitrogens is 3. The Balaban J connectivity index is 2.00. The molecule has 1 fully saturated rings. The second-order valence-electron chi connectivity index (χ2n) is 4.73. The molecule has 1 saturated carbocycles. The maximum atomic E-state index is 5.63. The van der Waals surface area contributed by atoms with Gasteiger partial charge in [-0.15, -0.1) is 10.2 Å². The van der Waals surface area contributed by atoms with Crippen LogP contribution in [0.5, 0.6) is 0 Å². The Morgan fingerprint density at radius 3 is 3.00 bits per heavy atom. The molecule has 0 saturated heterocycles. The summed E-state index contributed by atoms with van der Waals surface area (Å²) in [5.74, 6) is 0.946. The fourth-order valence-electron chi connectivity index (χ4n) is 2.41. The Hall–Kier alpha value is -0.590. The second kappa shape index (κ2) is 6.54. The summed E-state index contributed by atoms with van der Waals surface area (Å²) >= 11 is 1.82. The third-order valence-electron chi connectivity index (χ3n) is 3.44. The van der Waals surface area contributed by atoms with Gasteiger partial charge >= 0.3 is 0 Å². The molecule has 1 aliphatic rings. The van der Waals surface area contributed by atoms with Crippen LogP contribution in [0.3, 0.4) is 0 Å². The minimum absolute atomic E-state index is 0.406. The molecule has 2 atom stereocenters. The number of aryl methyl sites for hydroxylation is 1. The van der Waals surface area contributed by atoms with Gasteiger partial charge in [-0.2, -0.15) is 0 Å². The van der Waals surface area contributed by atoms with Gasteiger partial charge in [-0.1, -0.05) is 11.8 Å². The predicted octanol–water partition coefficient (Wildman–Crippen LogP) is 1.59. The molecule has 2 N–H and O–H groups in total. The average molecular weight is 270 g/mol. The van der Waals surface area contributed by atoms with Crippen LogP contribution < -0.4 is 5.73 Å². The number of rotatable bonds is 5. The molecule has 0 radical (unpaired) electrons. The predicted molar refractivity (Wildman–Crippen MR) is 72.7 cm³/mol. The van der Waals surface area contributed by atoms with Crippen molar-refractivity contribution in [2.75, 3.05) is 13.7 Å². The highest BCUT2D eigenvalue weighted by Gasteiger charge is 2.24. The summed E-state index contributed by atoms with van der Waals surface area (Å²) in [6, 6.07) is 0. The van der Waals surface area contributed by atoms with Crippen LogP contribution in [-0.4, -0.2) is 39.8 Å². The molecular weight excluding hydrogens is 248 g/mol. The molecule has 0 aliphatic heterocycles. The highest BCUT2D eigenvalue weighted by atomic mass is 32.2. The summed E-state index contributed by atoms with van der Waals surface area (Å²) < 4.78 is 7.58. The van der Waals surface area contributed by atoms with Gasteiger partial charge in [0.15, 0.2) is 5.16 Å². The molecule has 18 heavy (non-hydrogen) atoms. The molecule has 1 aliphatic carbocycles. The summed E-state index contributed by atoms with van der Waals surface area (Å²) in [5.41, 5.74) is 5.63. The van der Waals surface area contributed by atoms with E-state index in [0.717, 1.165) is 23.9 Å². The SMILES string of the molecule is COC1CCCC(Sc2nnc(C)n2CCN)C1. The number of thioether (sulfide) groups is 1. The lowest BCUT2D eigenvalue weighted by atomic mass is 9.97. The van der Waals surface area contributed by atoms with Crippen LogP contribution in [-0.2, 0) is 11.3 Å². The summed E-state index contributed by atoms with van der Waals surface area (Å²) in [4.78, 5) is 0. The molecule has 5 nitrogen and oxygen atoms in total. The minimum Gasteiger partial charge on any atom is -0.381 e. The monoisotopic (exact) mass is 270 g/mol. The quantitative estimate of drug-likeness (QED) is 0.880. The minimum atomic E-state index is 0.406. The number of nitrogens with zero attached hydrogens (tertiary/aromatic N) is 3. The first-order chi connectivity index (χ1) is 8.74. The molecule has 2 rings (SSSR count). The van der Waals surface area contributed by atoms with Gasteiger partial charge in [0.05, 0.1) is 6.10 Å². The van der Waals surface area contributed by atoms with E-state index in [-0.39, 0.29) is 0 Å². The molecule has 2 unspecified atom stereocenters. The number of hydrogen-bond acceptors (Lipinski definition) is 5. The van der Waals surface area contributed by atoms with Crippen molar-refractivity contribution in [2.24, 2.45) is 5.73 Å². The van der Waals surface area contributed by atoms with E-state index in [0.29, 0.717) is 17.9 Å². The van der Waals surface area contributed by atoms with Crippen LogP contribution in [0.15, 0.2) is 5.16 Å². The maximum Gasteiger partial charge on any atom is 0.191 e. The maximum absolute atomic E-state index is 5.63. The van der Waals surface area contributed by atoms with E-state index in [2.05, 4.69) is 14.8 Å². The van der Waals surface area contributed by atoms with E-state index in [4.69, 9.17) is 10.5 Å². The first-order valence-corrected chi connectivity index (χ1v) is 7.42. The van der Waals surface area contributed by atoms with Gasteiger partial charge in [-0.05, 0) is 32.6 Å². The Morgan fingerprint density at radius 2 is 2.28 bits per heavy atom. The van der Waals surface area contributed by atoms with Crippen LogP contribution in [0.4, 0.5) is 0 Å². The van der Waals surface area contributed by atoms with E-state index in [9.17, 15) is 0 Å². The van der Waals surface area contributed by atoms with Crippen molar-refractivity contribution in [3.05, 3.63) is 5.82 Å². The molecule has 0 spiro atoms. The molecule has 102 valence electrons. The highest BCUT2D eigenvalue weighted by molar-refractivity contribution is 7.99. The van der Waals surface area contributed by atoms with Crippen molar-refractivity contribution in [1.29, 1.82) is 0 Å². The Kier molecular flexibility index (Phi) is 5.03. The van der Waals surface area contributed by atoms with E-state index in [1.165, 1.54) is 19.3 Å². The molecule has 1 aromatic heterocycles. The van der Waals surface area contributed by atoms with Crippen molar-refractivity contribution in [1.82, 2.24) is 14.8 Å². The zero-order valence-electron chi connectivity index (χ0n) is 11.1. The smallest absolute Gasteiger partial charge is 0.191 e. The van der Waals surface area contributed by atoms with Crippen molar-refractivity contribution < 1.29 is 4.74 Å². The Morgan fingerprint density at radius 1 is 1.44 bits per heavy atom. The lowest BCUT2D eigenvalue weighted by molar-refractivity contribution is 0.0730. The lowest BCUT2D eigenvalue weighted by Gasteiger charge is -2.27. The third kappa shape index (κ3) is 3.24. The van der Waals surface area contributed by atoms with Crippen molar-refractivity contribution in [2.45, 2.75) is 55.7 Å². The van der Waals surface area contributed by atoms with Crippen LogP contribution in [0.1, 0.15) is 31.5 Å². The largest absolute Gasteiger partial charge is 0.381 e.